The van der Waals surface area contributed by atoms with Crippen LogP contribution in [0.1, 0.15) is 24.0 Å². The van der Waals surface area contributed by atoms with Gasteiger partial charge in [0.2, 0.25) is 0 Å². The summed E-state index contributed by atoms with van der Waals surface area (Å²) < 4.78 is 43.3. The van der Waals surface area contributed by atoms with E-state index in [1.807, 2.05) is 12.1 Å². The summed E-state index contributed by atoms with van der Waals surface area (Å²) in [6.45, 7) is 1.96. The van der Waals surface area contributed by atoms with Crippen LogP contribution in [0.5, 0.6) is 11.5 Å². The fourth-order valence-electron chi connectivity index (χ4n) is 4.08. The van der Waals surface area contributed by atoms with Gasteiger partial charge in [0.25, 0.3) is 0 Å². The Hall–Kier alpha value is -1.65. The number of benzene rings is 1. The minimum absolute atomic E-state index is 0.00838. The Labute approximate surface area is 152 Å². The summed E-state index contributed by atoms with van der Waals surface area (Å²) >= 11 is 0. The lowest BCUT2D eigenvalue weighted by Gasteiger charge is -2.35. The Kier molecular flexibility index (Phi) is 5.02. The van der Waals surface area contributed by atoms with Crippen molar-refractivity contribution in [3.8, 4) is 11.5 Å². The van der Waals surface area contributed by atoms with Gasteiger partial charge in [0.15, 0.2) is 11.5 Å². The van der Waals surface area contributed by atoms with Gasteiger partial charge in [-0.05, 0) is 31.6 Å². The second-order valence-corrected chi connectivity index (χ2v) is 7.77. The minimum Gasteiger partial charge on any atom is -0.493 e. The Morgan fingerprint density at radius 3 is 2.69 bits per heavy atom. The molecule has 1 aliphatic carbocycles. The highest BCUT2D eigenvalue weighted by Gasteiger charge is 2.52. The van der Waals surface area contributed by atoms with Gasteiger partial charge in [0, 0.05) is 18.5 Å². The van der Waals surface area contributed by atoms with E-state index in [1.165, 1.54) is 11.1 Å². The predicted octanol–water partition coefficient (Wildman–Crippen LogP) is 1.20. The van der Waals surface area contributed by atoms with Crippen LogP contribution in [-0.4, -0.2) is 60.4 Å². The first-order valence-electron chi connectivity index (χ1n) is 8.27. The fourth-order valence-corrected chi connectivity index (χ4v) is 4.08. The van der Waals surface area contributed by atoms with Crippen molar-refractivity contribution in [2.75, 3.05) is 20.7 Å². The molecule has 3 N–H and O–H groups in total. The van der Waals surface area contributed by atoms with Gasteiger partial charge in [-0.15, -0.1) is 0 Å². The summed E-state index contributed by atoms with van der Waals surface area (Å²) in [7, 11) is -0.824. The molecule has 0 fully saturated rings. The summed E-state index contributed by atoms with van der Waals surface area (Å²) in [5.74, 6) is 1.68. The number of aliphatic hydroxyl groups is 1. The molecule has 0 bridgehead atoms. The summed E-state index contributed by atoms with van der Waals surface area (Å²) in [5, 5.41) is 9.97. The van der Waals surface area contributed by atoms with E-state index in [0.717, 1.165) is 31.0 Å². The molecular formula is C17H23NO7S. The lowest BCUT2D eigenvalue weighted by Crippen LogP contribution is -2.42. The van der Waals surface area contributed by atoms with E-state index < -0.39 is 16.5 Å². The van der Waals surface area contributed by atoms with Crippen molar-refractivity contribution in [1.82, 2.24) is 4.90 Å². The Bertz CT molecular complexity index is 815. The number of hydrogen-bond acceptors (Lipinski definition) is 6. The van der Waals surface area contributed by atoms with Crippen LogP contribution >= 0.6 is 0 Å². The van der Waals surface area contributed by atoms with Crippen molar-refractivity contribution in [1.29, 1.82) is 0 Å². The number of hydrogen-bond donors (Lipinski definition) is 3. The van der Waals surface area contributed by atoms with Crippen LogP contribution in [-0.2, 0) is 22.4 Å². The summed E-state index contributed by atoms with van der Waals surface area (Å²) in [6, 6.07) is 4.16. The topological polar surface area (TPSA) is 117 Å². The van der Waals surface area contributed by atoms with Crippen LogP contribution in [0, 0.1) is 0 Å². The van der Waals surface area contributed by atoms with E-state index in [0.29, 0.717) is 6.42 Å². The zero-order valence-corrected chi connectivity index (χ0v) is 15.4. The molecule has 144 valence electrons. The van der Waals surface area contributed by atoms with Crippen LogP contribution in [0.15, 0.2) is 24.3 Å². The third kappa shape index (κ3) is 3.58. The van der Waals surface area contributed by atoms with Gasteiger partial charge in [-0.2, -0.15) is 8.42 Å². The van der Waals surface area contributed by atoms with E-state index >= 15 is 0 Å². The molecule has 1 aromatic rings. The molecule has 0 amide bonds. The largest absolute Gasteiger partial charge is 0.493 e. The van der Waals surface area contributed by atoms with Gasteiger partial charge in [0.1, 0.15) is 6.10 Å². The standard InChI is InChI=1S/C17H21NO3.H2O4S/c1-18-8-7-17-6-5-12(19)9-14(17)21-16-13(20-2)4-3-11(10-18)15(16)17;1-5(2,3)4/h3-6,12,14,19H,7-10H2,1-2H3;(H2,1,2,3,4)/t12-,14-,17-;/m0./s1. The van der Waals surface area contributed by atoms with Crippen LogP contribution in [0.4, 0.5) is 0 Å². The number of rotatable bonds is 1. The van der Waals surface area contributed by atoms with Crippen molar-refractivity contribution < 1.29 is 32.1 Å². The summed E-state index contributed by atoms with van der Waals surface area (Å²) in [4.78, 5) is 2.35. The molecule has 0 radical (unpaired) electrons. The second-order valence-electron chi connectivity index (χ2n) is 6.88. The highest BCUT2D eigenvalue weighted by atomic mass is 32.3. The van der Waals surface area contributed by atoms with Crippen molar-refractivity contribution >= 4 is 10.4 Å². The molecule has 3 aliphatic rings. The van der Waals surface area contributed by atoms with E-state index in [2.05, 4.69) is 24.1 Å². The molecule has 0 saturated carbocycles. The van der Waals surface area contributed by atoms with E-state index in [9.17, 15) is 5.11 Å². The maximum absolute atomic E-state index is 9.97. The number of ether oxygens (including phenoxy) is 2. The molecule has 8 nitrogen and oxygen atoms in total. The zero-order chi connectivity index (χ0) is 19.1. The average molecular weight is 385 g/mol. The fraction of sp³-hybridized carbons (Fsp3) is 0.529. The number of aliphatic hydroxyl groups excluding tert-OH is 1. The van der Waals surface area contributed by atoms with Gasteiger partial charge >= 0.3 is 10.4 Å². The van der Waals surface area contributed by atoms with Gasteiger partial charge in [-0.25, -0.2) is 0 Å². The van der Waals surface area contributed by atoms with Crippen LogP contribution in [0.25, 0.3) is 0 Å². The van der Waals surface area contributed by atoms with Crippen LogP contribution in [0.3, 0.4) is 0 Å². The van der Waals surface area contributed by atoms with Crippen molar-refractivity contribution in [2.45, 2.75) is 37.0 Å². The second kappa shape index (κ2) is 6.82. The molecule has 9 heteroatoms. The molecular weight excluding hydrogens is 362 g/mol. The lowest BCUT2D eigenvalue weighted by atomic mass is 9.69. The molecule has 26 heavy (non-hydrogen) atoms. The Balaban J connectivity index is 0.000000349. The Morgan fingerprint density at radius 2 is 2.04 bits per heavy atom. The SMILES string of the molecule is COc1ccc2c3c1O[C@H]1C[C@@H](O)C=C[C@@]31CCN(C)C2.O=S(=O)(O)O. The van der Waals surface area contributed by atoms with E-state index in [-0.39, 0.29) is 11.5 Å². The molecule has 4 rings (SSSR count). The Morgan fingerprint density at radius 1 is 1.35 bits per heavy atom. The van der Waals surface area contributed by atoms with E-state index in [1.54, 1.807) is 7.11 Å². The van der Waals surface area contributed by atoms with Crippen molar-refractivity contribution in [2.24, 2.45) is 0 Å². The molecule has 0 saturated heterocycles. The minimum atomic E-state index is -4.67. The molecule has 3 atom stereocenters. The third-order valence-corrected chi connectivity index (χ3v) is 5.15. The molecule has 2 heterocycles. The van der Waals surface area contributed by atoms with Gasteiger partial charge in [0.05, 0.1) is 18.6 Å². The van der Waals surface area contributed by atoms with Gasteiger partial charge in [-0.1, -0.05) is 18.2 Å². The highest BCUT2D eigenvalue weighted by Crippen LogP contribution is 2.55. The predicted molar refractivity (Wildman–Crippen MR) is 94.0 cm³/mol. The highest BCUT2D eigenvalue weighted by molar-refractivity contribution is 7.79. The first kappa shape index (κ1) is 19.1. The van der Waals surface area contributed by atoms with Crippen LogP contribution in [0.2, 0.25) is 0 Å². The summed E-state index contributed by atoms with van der Waals surface area (Å²) in [6.07, 6.45) is 5.38. The molecule has 0 unspecified atom stereocenters. The average Bonchev–Trinajstić information content (AvgIpc) is 2.78. The lowest BCUT2D eigenvalue weighted by molar-refractivity contribution is 0.0821. The molecule has 0 aromatic heterocycles. The van der Waals surface area contributed by atoms with E-state index in [4.69, 9.17) is 27.0 Å². The summed E-state index contributed by atoms with van der Waals surface area (Å²) in [5.41, 5.74) is 2.48. The van der Waals surface area contributed by atoms with Crippen molar-refractivity contribution in [3.05, 3.63) is 35.4 Å². The van der Waals surface area contributed by atoms with Crippen LogP contribution < -0.4 is 9.47 Å². The number of nitrogens with zero attached hydrogens (tertiary/aromatic N) is 1. The normalized spacial score (nSPS) is 29.6. The number of methoxy groups -OCH3 is 1. The first-order chi connectivity index (χ1) is 12.1. The maximum Gasteiger partial charge on any atom is 0.394 e. The quantitative estimate of drug-likeness (QED) is 0.488. The first-order valence-corrected chi connectivity index (χ1v) is 9.66. The van der Waals surface area contributed by atoms with Gasteiger partial charge in [-0.3, -0.25) is 9.11 Å². The van der Waals surface area contributed by atoms with Gasteiger partial charge < -0.3 is 19.5 Å². The smallest absolute Gasteiger partial charge is 0.394 e. The zero-order valence-electron chi connectivity index (χ0n) is 14.6. The van der Waals surface area contributed by atoms with Crippen molar-refractivity contribution in [3.63, 3.8) is 0 Å². The maximum atomic E-state index is 9.97. The molecule has 2 aliphatic heterocycles. The molecule has 1 spiro atoms. The monoisotopic (exact) mass is 385 g/mol. The molecule has 1 aromatic carbocycles. The third-order valence-electron chi connectivity index (χ3n) is 5.15.